The summed E-state index contributed by atoms with van der Waals surface area (Å²) in [7, 11) is -3.46. The van der Waals surface area contributed by atoms with E-state index >= 15 is 0 Å². The molecule has 2 aromatic heterocycles. The van der Waals surface area contributed by atoms with Gasteiger partial charge >= 0.3 is 0 Å². The lowest BCUT2D eigenvalue weighted by Crippen LogP contribution is -2.39. The van der Waals surface area contributed by atoms with Gasteiger partial charge in [0.1, 0.15) is 5.82 Å². The summed E-state index contributed by atoms with van der Waals surface area (Å²) in [5.41, 5.74) is 0.788. The molecule has 0 unspecified atom stereocenters. The Labute approximate surface area is 140 Å². The number of nitrogens with zero attached hydrogens (tertiary/aromatic N) is 4. The molecular formula is C17H18N4O2S. The van der Waals surface area contributed by atoms with Crippen molar-refractivity contribution >= 4 is 15.7 Å². The normalized spacial score (nSPS) is 19.6. The topological polar surface area (TPSA) is 67.6 Å². The van der Waals surface area contributed by atoms with Gasteiger partial charge in [0.15, 0.2) is 5.65 Å². The summed E-state index contributed by atoms with van der Waals surface area (Å²) in [6.45, 7) is 0.984. The van der Waals surface area contributed by atoms with Crippen molar-refractivity contribution in [2.75, 3.05) is 13.1 Å². The molecule has 3 aromatic rings. The molecule has 0 saturated carbocycles. The van der Waals surface area contributed by atoms with Crippen LogP contribution < -0.4 is 0 Å². The first kappa shape index (κ1) is 15.3. The van der Waals surface area contributed by atoms with Gasteiger partial charge in [-0.1, -0.05) is 24.3 Å². The Morgan fingerprint density at radius 3 is 2.62 bits per heavy atom. The van der Waals surface area contributed by atoms with E-state index in [1.165, 1.54) is 0 Å². The van der Waals surface area contributed by atoms with E-state index < -0.39 is 10.0 Å². The number of rotatable bonds is 3. The average molecular weight is 342 g/mol. The molecule has 1 aliphatic rings. The second kappa shape index (κ2) is 5.99. The van der Waals surface area contributed by atoms with Gasteiger partial charge in [-0.2, -0.15) is 4.31 Å². The number of piperidine rings is 1. The molecule has 1 aromatic carbocycles. The SMILES string of the molecule is O=S(=O)(c1ccccc1)N1CCC[C@@H](c2nnc3ccccn23)C1. The van der Waals surface area contributed by atoms with Crippen LogP contribution in [0.5, 0.6) is 0 Å². The average Bonchev–Trinajstić information content (AvgIpc) is 3.07. The van der Waals surface area contributed by atoms with Crippen molar-refractivity contribution in [1.82, 2.24) is 18.9 Å². The third-order valence-corrected chi connectivity index (χ3v) is 6.35. The van der Waals surface area contributed by atoms with E-state index in [-0.39, 0.29) is 5.92 Å². The number of aromatic nitrogens is 3. The second-order valence-corrected chi connectivity index (χ2v) is 7.94. The zero-order valence-electron chi connectivity index (χ0n) is 13.1. The van der Waals surface area contributed by atoms with Gasteiger partial charge in [-0.05, 0) is 37.1 Å². The number of pyridine rings is 1. The van der Waals surface area contributed by atoms with E-state index in [0.29, 0.717) is 18.0 Å². The number of fused-ring (bicyclic) bond motifs is 1. The van der Waals surface area contributed by atoms with Crippen LogP contribution in [0.3, 0.4) is 0 Å². The van der Waals surface area contributed by atoms with E-state index in [9.17, 15) is 8.42 Å². The molecule has 0 amide bonds. The molecule has 124 valence electrons. The first-order valence-corrected chi connectivity index (χ1v) is 9.45. The third-order valence-electron chi connectivity index (χ3n) is 4.47. The predicted octanol–water partition coefficient (Wildman–Crippen LogP) is 2.30. The number of hydrogen-bond donors (Lipinski definition) is 0. The fourth-order valence-electron chi connectivity index (χ4n) is 3.25. The van der Waals surface area contributed by atoms with Crippen molar-refractivity contribution in [3.8, 4) is 0 Å². The minimum Gasteiger partial charge on any atom is -0.286 e. The monoisotopic (exact) mass is 342 g/mol. The molecule has 7 heteroatoms. The van der Waals surface area contributed by atoms with Crippen LogP contribution >= 0.6 is 0 Å². The van der Waals surface area contributed by atoms with Crippen LogP contribution in [0.1, 0.15) is 24.6 Å². The minimum atomic E-state index is -3.46. The molecule has 1 fully saturated rings. The molecule has 1 saturated heterocycles. The molecule has 3 heterocycles. The van der Waals surface area contributed by atoms with E-state index in [0.717, 1.165) is 24.3 Å². The zero-order chi connectivity index (χ0) is 16.6. The van der Waals surface area contributed by atoms with Gasteiger partial charge < -0.3 is 0 Å². The maximum absolute atomic E-state index is 12.8. The Bertz CT molecular complexity index is 953. The molecule has 24 heavy (non-hydrogen) atoms. The molecule has 0 spiro atoms. The summed E-state index contributed by atoms with van der Waals surface area (Å²) in [5, 5.41) is 8.48. The summed E-state index contributed by atoms with van der Waals surface area (Å²) >= 11 is 0. The van der Waals surface area contributed by atoms with Crippen molar-refractivity contribution < 1.29 is 8.42 Å². The highest BCUT2D eigenvalue weighted by Gasteiger charge is 2.32. The Kier molecular flexibility index (Phi) is 3.82. The third kappa shape index (κ3) is 2.59. The Hall–Kier alpha value is -2.25. The smallest absolute Gasteiger partial charge is 0.243 e. The predicted molar refractivity (Wildman–Crippen MR) is 90.2 cm³/mol. The van der Waals surface area contributed by atoms with E-state index in [1.54, 1.807) is 28.6 Å². The van der Waals surface area contributed by atoms with Crippen molar-refractivity contribution in [3.05, 3.63) is 60.6 Å². The van der Waals surface area contributed by atoms with Crippen LogP contribution in [-0.2, 0) is 10.0 Å². The summed E-state index contributed by atoms with van der Waals surface area (Å²) in [6.07, 6.45) is 3.66. The molecular weight excluding hydrogens is 324 g/mol. The summed E-state index contributed by atoms with van der Waals surface area (Å²) in [4.78, 5) is 0.344. The minimum absolute atomic E-state index is 0.0506. The molecule has 4 rings (SSSR count). The van der Waals surface area contributed by atoms with Crippen molar-refractivity contribution in [2.24, 2.45) is 0 Å². The van der Waals surface area contributed by atoms with Crippen molar-refractivity contribution in [1.29, 1.82) is 0 Å². The van der Waals surface area contributed by atoms with Gasteiger partial charge in [-0.3, -0.25) is 4.40 Å². The molecule has 6 nitrogen and oxygen atoms in total. The van der Waals surface area contributed by atoms with E-state index in [4.69, 9.17) is 0 Å². The molecule has 1 atom stereocenters. The maximum Gasteiger partial charge on any atom is 0.243 e. The first-order valence-electron chi connectivity index (χ1n) is 8.01. The highest BCUT2D eigenvalue weighted by molar-refractivity contribution is 7.89. The van der Waals surface area contributed by atoms with Gasteiger partial charge in [0.2, 0.25) is 10.0 Å². The second-order valence-electron chi connectivity index (χ2n) is 6.00. The van der Waals surface area contributed by atoms with Crippen LogP contribution in [0, 0.1) is 0 Å². The Morgan fingerprint density at radius 1 is 1.00 bits per heavy atom. The zero-order valence-corrected chi connectivity index (χ0v) is 13.9. The van der Waals surface area contributed by atoms with Crippen molar-refractivity contribution in [2.45, 2.75) is 23.7 Å². The maximum atomic E-state index is 12.8. The number of benzene rings is 1. The number of sulfonamides is 1. The standard InChI is InChI=1S/C17H18N4O2S/c22-24(23,15-8-2-1-3-9-15)20-11-6-7-14(13-20)17-19-18-16-10-4-5-12-21(16)17/h1-5,8-10,12,14H,6-7,11,13H2/t14-/m1/s1. The molecule has 0 N–H and O–H groups in total. The largest absolute Gasteiger partial charge is 0.286 e. The summed E-state index contributed by atoms with van der Waals surface area (Å²) in [5.74, 6) is 0.883. The van der Waals surface area contributed by atoms with Gasteiger partial charge in [-0.15, -0.1) is 10.2 Å². The lowest BCUT2D eigenvalue weighted by Gasteiger charge is -2.31. The number of hydrogen-bond acceptors (Lipinski definition) is 4. The van der Waals surface area contributed by atoms with Gasteiger partial charge in [0.25, 0.3) is 0 Å². The molecule has 0 aliphatic carbocycles. The van der Waals surface area contributed by atoms with Crippen LogP contribution in [0.15, 0.2) is 59.6 Å². The molecule has 1 aliphatic heterocycles. The Morgan fingerprint density at radius 2 is 1.79 bits per heavy atom. The fourth-order valence-corrected chi connectivity index (χ4v) is 4.80. The van der Waals surface area contributed by atoms with Crippen LogP contribution in [-0.4, -0.2) is 40.4 Å². The van der Waals surface area contributed by atoms with Crippen LogP contribution in [0.25, 0.3) is 5.65 Å². The van der Waals surface area contributed by atoms with Gasteiger partial charge in [0.05, 0.1) is 4.90 Å². The Balaban J connectivity index is 1.65. The van der Waals surface area contributed by atoms with Crippen molar-refractivity contribution in [3.63, 3.8) is 0 Å². The highest BCUT2D eigenvalue weighted by Crippen LogP contribution is 2.29. The van der Waals surface area contributed by atoms with Gasteiger partial charge in [-0.25, -0.2) is 8.42 Å². The summed E-state index contributed by atoms with van der Waals surface area (Å²) < 4.78 is 29.2. The van der Waals surface area contributed by atoms with E-state index in [1.807, 2.05) is 34.9 Å². The lowest BCUT2D eigenvalue weighted by atomic mass is 9.99. The van der Waals surface area contributed by atoms with E-state index in [2.05, 4.69) is 10.2 Å². The van der Waals surface area contributed by atoms with Crippen LogP contribution in [0.2, 0.25) is 0 Å². The molecule has 0 bridgehead atoms. The summed E-state index contributed by atoms with van der Waals surface area (Å²) in [6, 6.07) is 14.4. The van der Waals surface area contributed by atoms with Crippen LogP contribution in [0.4, 0.5) is 0 Å². The first-order chi connectivity index (χ1) is 11.7. The highest BCUT2D eigenvalue weighted by atomic mass is 32.2. The molecule has 0 radical (unpaired) electrons. The quantitative estimate of drug-likeness (QED) is 0.732. The van der Waals surface area contributed by atoms with Gasteiger partial charge in [0, 0.05) is 25.2 Å². The fraction of sp³-hybridized carbons (Fsp3) is 0.294. The lowest BCUT2D eigenvalue weighted by molar-refractivity contribution is 0.308.